The van der Waals surface area contributed by atoms with E-state index < -0.39 is 0 Å². The van der Waals surface area contributed by atoms with Gasteiger partial charge in [-0.05, 0) is 25.0 Å². The standard InChI is InChI=1S/C9H8N2O/c12-9-5-6-10-7-1-3-8(4-2-7)11(9)10/h1,3,5-6H,2,4H2. The van der Waals surface area contributed by atoms with Gasteiger partial charge in [0.25, 0.3) is 5.56 Å². The number of fused-ring (bicyclic) bond motifs is 2. The van der Waals surface area contributed by atoms with E-state index in [0.29, 0.717) is 0 Å². The SMILES string of the molecule is O=c1ccn2c3ccc(n12)CC3. The van der Waals surface area contributed by atoms with E-state index in [0.717, 1.165) is 18.5 Å². The molecule has 3 nitrogen and oxygen atoms in total. The van der Waals surface area contributed by atoms with Crippen LogP contribution in [0.3, 0.4) is 0 Å². The second kappa shape index (κ2) is 1.80. The molecule has 0 saturated heterocycles. The summed E-state index contributed by atoms with van der Waals surface area (Å²) in [4.78, 5) is 11.3. The molecule has 0 radical (unpaired) electrons. The lowest BCUT2D eigenvalue weighted by Crippen LogP contribution is -2.22. The zero-order chi connectivity index (χ0) is 8.13. The summed E-state index contributed by atoms with van der Waals surface area (Å²) >= 11 is 0. The molecular weight excluding hydrogens is 152 g/mol. The van der Waals surface area contributed by atoms with E-state index in [4.69, 9.17) is 0 Å². The minimum atomic E-state index is 0.0755. The second-order valence-electron chi connectivity index (χ2n) is 3.13. The fourth-order valence-electron chi connectivity index (χ4n) is 1.86. The van der Waals surface area contributed by atoms with Crippen LogP contribution in [0.1, 0.15) is 11.4 Å². The van der Waals surface area contributed by atoms with Gasteiger partial charge in [-0.15, -0.1) is 0 Å². The first-order valence-corrected chi connectivity index (χ1v) is 4.07. The van der Waals surface area contributed by atoms with Crippen LogP contribution >= 0.6 is 0 Å². The van der Waals surface area contributed by atoms with Gasteiger partial charge in [0.05, 0.1) is 0 Å². The summed E-state index contributed by atoms with van der Waals surface area (Å²) in [5.41, 5.74) is 2.40. The highest BCUT2D eigenvalue weighted by Gasteiger charge is 2.12. The maximum Gasteiger partial charge on any atom is 0.271 e. The van der Waals surface area contributed by atoms with Gasteiger partial charge in [0.2, 0.25) is 0 Å². The summed E-state index contributed by atoms with van der Waals surface area (Å²) in [7, 11) is 0. The van der Waals surface area contributed by atoms with Crippen molar-refractivity contribution in [2.24, 2.45) is 0 Å². The first-order valence-electron chi connectivity index (χ1n) is 4.07. The number of nitrogens with zero attached hydrogens (tertiary/aromatic N) is 2. The third-order valence-corrected chi connectivity index (χ3v) is 2.45. The fourth-order valence-corrected chi connectivity index (χ4v) is 1.86. The molecule has 0 spiro atoms. The van der Waals surface area contributed by atoms with Crippen molar-refractivity contribution in [3.8, 4) is 0 Å². The highest BCUT2D eigenvalue weighted by Crippen LogP contribution is 2.13. The van der Waals surface area contributed by atoms with E-state index in [1.165, 1.54) is 5.69 Å². The molecule has 2 bridgehead atoms. The van der Waals surface area contributed by atoms with E-state index >= 15 is 0 Å². The highest BCUT2D eigenvalue weighted by atomic mass is 16.1. The Morgan fingerprint density at radius 1 is 1.08 bits per heavy atom. The van der Waals surface area contributed by atoms with E-state index in [1.807, 2.05) is 16.8 Å². The van der Waals surface area contributed by atoms with Crippen LogP contribution in [-0.2, 0) is 12.8 Å². The Hall–Kier alpha value is -1.51. The predicted octanol–water partition coefficient (Wildman–Crippen LogP) is 0.498. The maximum absolute atomic E-state index is 11.3. The highest BCUT2D eigenvalue weighted by molar-refractivity contribution is 5.19. The third-order valence-electron chi connectivity index (χ3n) is 2.45. The molecule has 1 aliphatic heterocycles. The van der Waals surface area contributed by atoms with Gasteiger partial charge in [-0.2, -0.15) is 0 Å². The number of hydrogen-bond donors (Lipinski definition) is 0. The smallest absolute Gasteiger partial charge is 0.267 e. The first kappa shape index (κ1) is 6.06. The lowest BCUT2D eigenvalue weighted by atomic mass is 10.1. The maximum atomic E-state index is 11.3. The van der Waals surface area contributed by atoms with Gasteiger partial charge in [-0.3, -0.25) is 9.31 Å². The normalized spacial score (nSPS) is 14.3. The number of hydrogen-bond acceptors (Lipinski definition) is 1. The molecule has 2 aromatic heterocycles. The first-order chi connectivity index (χ1) is 5.86. The van der Waals surface area contributed by atoms with Crippen molar-refractivity contribution in [2.75, 3.05) is 0 Å². The molecule has 3 heteroatoms. The average molecular weight is 160 g/mol. The van der Waals surface area contributed by atoms with Crippen LogP contribution < -0.4 is 5.56 Å². The minimum absolute atomic E-state index is 0.0755. The van der Waals surface area contributed by atoms with Crippen LogP contribution in [0.15, 0.2) is 29.2 Å². The minimum Gasteiger partial charge on any atom is -0.267 e. The van der Waals surface area contributed by atoms with Gasteiger partial charge in [-0.1, -0.05) is 0 Å². The molecule has 4 rings (SSSR count). The molecule has 0 amide bonds. The van der Waals surface area contributed by atoms with Crippen LogP contribution in [0.5, 0.6) is 0 Å². The van der Waals surface area contributed by atoms with Gasteiger partial charge in [0.15, 0.2) is 0 Å². The van der Waals surface area contributed by atoms with Crippen molar-refractivity contribution < 1.29 is 0 Å². The largest absolute Gasteiger partial charge is 0.271 e. The summed E-state index contributed by atoms with van der Waals surface area (Å²) in [6.45, 7) is 0. The molecule has 0 saturated carbocycles. The second-order valence-corrected chi connectivity index (χ2v) is 3.13. The molecule has 1 aliphatic carbocycles. The van der Waals surface area contributed by atoms with E-state index in [9.17, 15) is 4.79 Å². The fraction of sp³-hybridized carbons (Fsp3) is 0.222. The van der Waals surface area contributed by atoms with Crippen molar-refractivity contribution in [3.63, 3.8) is 0 Å². The molecule has 60 valence electrons. The lowest BCUT2D eigenvalue weighted by molar-refractivity contribution is 0.631. The Labute approximate surface area is 68.9 Å². The third kappa shape index (κ3) is 0.548. The monoisotopic (exact) mass is 160 g/mol. The van der Waals surface area contributed by atoms with E-state index in [2.05, 4.69) is 6.07 Å². The van der Waals surface area contributed by atoms with Crippen molar-refractivity contribution in [2.45, 2.75) is 12.8 Å². The summed E-state index contributed by atoms with van der Waals surface area (Å²) in [6, 6.07) is 5.72. The van der Waals surface area contributed by atoms with E-state index in [1.54, 1.807) is 10.6 Å². The van der Waals surface area contributed by atoms with Crippen LogP contribution in [0.2, 0.25) is 0 Å². The molecule has 3 heterocycles. The van der Waals surface area contributed by atoms with Crippen molar-refractivity contribution in [3.05, 3.63) is 46.1 Å². The van der Waals surface area contributed by atoms with Gasteiger partial charge < -0.3 is 0 Å². The quantitative estimate of drug-likeness (QED) is 0.551. The summed E-state index contributed by atoms with van der Waals surface area (Å²) in [5.74, 6) is 0. The van der Waals surface area contributed by atoms with Crippen LogP contribution in [0, 0.1) is 0 Å². The number of aromatic nitrogens is 2. The topological polar surface area (TPSA) is 25.9 Å². The Morgan fingerprint density at radius 2 is 1.83 bits per heavy atom. The van der Waals surface area contributed by atoms with Gasteiger partial charge in [0.1, 0.15) is 0 Å². The van der Waals surface area contributed by atoms with Gasteiger partial charge in [0, 0.05) is 23.7 Å². The zero-order valence-electron chi connectivity index (χ0n) is 6.53. The summed E-state index contributed by atoms with van der Waals surface area (Å²) in [6.07, 6.45) is 3.88. The molecule has 0 unspecified atom stereocenters. The Bertz CT molecular complexity index is 507. The summed E-state index contributed by atoms with van der Waals surface area (Å²) < 4.78 is 3.67. The molecule has 2 aromatic rings. The Kier molecular flexibility index (Phi) is 0.909. The summed E-state index contributed by atoms with van der Waals surface area (Å²) in [5, 5.41) is 0. The van der Waals surface area contributed by atoms with Crippen LogP contribution in [-0.4, -0.2) is 9.03 Å². The number of aryl methyl sites for hydroxylation is 2. The molecule has 0 atom stereocenters. The zero-order valence-corrected chi connectivity index (χ0v) is 6.53. The Morgan fingerprint density at radius 3 is 2.50 bits per heavy atom. The van der Waals surface area contributed by atoms with Crippen molar-refractivity contribution >= 4 is 0 Å². The van der Waals surface area contributed by atoms with Crippen LogP contribution in [0.4, 0.5) is 0 Å². The molecular formula is C9H8N2O. The number of rotatable bonds is 0. The average Bonchev–Trinajstić information content (AvgIpc) is 2.53. The molecule has 12 heavy (non-hydrogen) atoms. The van der Waals surface area contributed by atoms with Crippen molar-refractivity contribution in [1.29, 1.82) is 0 Å². The Balaban J connectivity index is 2.70. The predicted molar refractivity (Wildman–Crippen MR) is 44.5 cm³/mol. The molecule has 0 fully saturated rings. The van der Waals surface area contributed by atoms with E-state index in [-0.39, 0.29) is 5.56 Å². The lowest BCUT2D eigenvalue weighted by Gasteiger charge is -2.16. The van der Waals surface area contributed by atoms with Crippen LogP contribution in [0.25, 0.3) is 0 Å². The van der Waals surface area contributed by atoms with Crippen molar-refractivity contribution in [1.82, 2.24) is 9.03 Å². The molecule has 0 aromatic carbocycles. The molecule has 2 aliphatic rings. The van der Waals surface area contributed by atoms with Gasteiger partial charge >= 0.3 is 0 Å². The van der Waals surface area contributed by atoms with Gasteiger partial charge in [-0.25, -0.2) is 4.52 Å². The molecule has 0 N–H and O–H groups in total.